The number of ether oxygens (including phenoxy) is 1. The average molecular weight is 319 g/mol. The summed E-state index contributed by atoms with van der Waals surface area (Å²) in [5.74, 6) is 0.832. The molecule has 122 valence electrons. The van der Waals surface area contributed by atoms with Gasteiger partial charge in [0.15, 0.2) is 0 Å². The van der Waals surface area contributed by atoms with Crippen LogP contribution in [0.1, 0.15) is 18.9 Å². The fraction of sp³-hybridized carbons (Fsp3) is 0.190. The molecule has 0 saturated heterocycles. The minimum Gasteiger partial charge on any atom is -0.494 e. The summed E-state index contributed by atoms with van der Waals surface area (Å²) in [7, 11) is 0. The van der Waals surface area contributed by atoms with E-state index in [0.717, 1.165) is 17.9 Å². The van der Waals surface area contributed by atoms with Crippen LogP contribution in [0.15, 0.2) is 66.7 Å². The molecule has 1 N–H and O–H groups in total. The molecular formula is C21H21NO2. The summed E-state index contributed by atoms with van der Waals surface area (Å²) in [6.07, 6.45) is 1.19. The van der Waals surface area contributed by atoms with Crippen LogP contribution in [-0.4, -0.2) is 12.5 Å². The Morgan fingerprint density at radius 2 is 1.71 bits per heavy atom. The molecule has 0 aromatic heterocycles. The molecule has 3 nitrogen and oxygen atoms in total. The second kappa shape index (κ2) is 7.64. The summed E-state index contributed by atoms with van der Waals surface area (Å²) in [6.45, 7) is 2.58. The highest BCUT2D eigenvalue weighted by molar-refractivity contribution is 5.91. The molecule has 0 aliphatic heterocycles. The van der Waals surface area contributed by atoms with Gasteiger partial charge in [0.1, 0.15) is 5.75 Å². The predicted octanol–water partition coefficient (Wildman–Crippen LogP) is 4.81. The van der Waals surface area contributed by atoms with E-state index in [1.165, 1.54) is 16.3 Å². The van der Waals surface area contributed by atoms with Crippen molar-refractivity contribution in [3.05, 3.63) is 72.3 Å². The average Bonchev–Trinajstić information content (AvgIpc) is 2.62. The lowest BCUT2D eigenvalue weighted by atomic mass is 10.0. The number of hydrogen-bond donors (Lipinski definition) is 1. The first-order valence-corrected chi connectivity index (χ1v) is 8.25. The number of hydrogen-bond acceptors (Lipinski definition) is 2. The van der Waals surface area contributed by atoms with Crippen molar-refractivity contribution in [1.29, 1.82) is 0 Å². The molecule has 1 amide bonds. The Morgan fingerprint density at radius 1 is 0.958 bits per heavy atom. The lowest BCUT2D eigenvalue weighted by molar-refractivity contribution is -0.116. The van der Waals surface area contributed by atoms with Gasteiger partial charge in [-0.15, -0.1) is 0 Å². The molecule has 0 fully saturated rings. The van der Waals surface area contributed by atoms with Crippen LogP contribution in [0, 0.1) is 0 Å². The summed E-state index contributed by atoms with van der Waals surface area (Å²) >= 11 is 0. The number of benzene rings is 3. The molecule has 3 aromatic carbocycles. The fourth-order valence-electron chi connectivity index (χ4n) is 2.78. The van der Waals surface area contributed by atoms with Gasteiger partial charge in [0, 0.05) is 12.1 Å². The lowest BCUT2D eigenvalue weighted by Crippen LogP contribution is -2.12. The van der Waals surface area contributed by atoms with Gasteiger partial charge in [-0.2, -0.15) is 0 Å². The number of anilines is 1. The summed E-state index contributed by atoms with van der Waals surface area (Å²) in [5, 5.41) is 5.36. The van der Waals surface area contributed by atoms with E-state index in [-0.39, 0.29) is 5.91 Å². The Hall–Kier alpha value is -2.81. The van der Waals surface area contributed by atoms with E-state index in [9.17, 15) is 4.79 Å². The van der Waals surface area contributed by atoms with Crippen molar-refractivity contribution in [3.8, 4) is 5.75 Å². The highest BCUT2D eigenvalue weighted by Gasteiger charge is 2.06. The third kappa shape index (κ3) is 3.93. The SMILES string of the molecule is CCOc1ccc(NC(=O)CCc2cccc3ccccc23)cc1. The molecule has 0 saturated carbocycles. The van der Waals surface area contributed by atoms with Crippen LogP contribution in [0.2, 0.25) is 0 Å². The fourth-order valence-corrected chi connectivity index (χ4v) is 2.78. The van der Waals surface area contributed by atoms with E-state index in [1.807, 2.05) is 49.4 Å². The molecule has 0 heterocycles. The van der Waals surface area contributed by atoms with Gasteiger partial charge < -0.3 is 10.1 Å². The van der Waals surface area contributed by atoms with Crippen LogP contribution in [0.5, 0.6) is 5.75 Å². The monoisotopic (exact) mass is 319 g/mol. The van der Waals surface area contributed by atoms with Crippen LogP contribution in [0.25, 0.3) is 10.8 Å². The lowest BCUT2D eigenvalue weighted by Gasteiger charge is -2.08. The Morgan fingerprint density at radius 3 is 2.50 bits per heavy atom. The van der Waals surface area contributed by atoms with E-state index in [1.54, 1.807) is 0 Å². The Balaban J connectivity index is 1.60. The van der Waals surface area contributed by atoms with Crippen molar-refractivity contribution < 1.29 is 9.53 Å². The minimum absolute atomic E-state index is 0.0205. The largest absolute Gasteiger partial charge is 0.494 e. The van der Waals surface area contributed by atoms with Crippen molar-refractivity contribution in [3.63, 3.8) is 0 Å². The second-order valence-corrected chi connectivity index (χ2v) is 5.64. The highest BCUT2D eigenvalue weighted by Crippen LogP contribution is 2.20. The molecule has 0 unspecified atom stereocenters. The first kappa shape index (κ1) is 16.1. The van der Waals surface area contributed by atoms with Gasteiger partial charge in [-0.3, -0.25) is 4.79 Å². The molecule has 0 radical (unpaired) electrons. The molecule has 0 bridgehead atoms. The van der Waals surface area contributed by atoms with Crippen LogP contribution in [0.3, 0.4) is 0 Å². The molecule has 3 heteroatoms. The van der Waals surface area contributed by atoms with Gasteiger partial charge in [-0.1, -0.05) is 42.5 Å². The number of aryl methyl sites for hydroxylation is 1. The number of rotatable bonds is 6. The van der Waals surface area contributed by atoms with Gasteiger partial charge in [0.05, 0.1) is 6.61 Å². The quantitative estimate of drug-likeness (QED) is 0.708. The van der Waals surface area contributed by atoms with Crippen LogP contribution >= 0.6 is 0 Å². The van der Waals surface area contributed by atoms with Crippen molar-refractivity contribution in [1.82, 2.24) is 0 Å². The van der Waals surface area contributed by atoms with E-state index in [0.29, 0.717) is 13.0 Å². The summed E-state index contributed by atoms with van der Waals surface area (Å²) < 4.78 is 5.40. The molecule has 3 aromatic rings. The number of nitrogens with one attached hydrogen (secondary N) is 1. The minimum atomic E-state index is 0.0205. The number of fused-ring (bicyclic) bond motifs is 1. The van der Waals surface area contributed by atoms with E-state index < -0.39 is 0 Å². The highest BCUT2D eigenvalue weighted by atomic mass is 16.5. The zero-order chi connectivity index (χ0) is 16.8. The number of carbonyl (C=O) groups excluding carboxylic acids is 1. The zero-order valence-electron chi connectivity index (χ0n) is 13.8. The Kier molecular flexibility index (Phi) is 5.12. The van der Waals surface area contributed by atoms with Crippen LogP contribution < -0.4 is 10.1 Å². The topological polar surface area (TPSA) is 38.3 Å². The number of carbonyl (C=O) groups is 1. The number of amides is 1. The first-order valence-electron chi connectivity index (χ1n) is 8.25. The summed E-state index contributed by atoms with van der Waals surface area (Å²) in [6, 6.07) is 22.0. The van der Waals surface area contributed by atoms with E-state index in [4.69, 9.17) is 4.74 Å². The second-order valence-electron chi connectivity index (χ2n) is 5.64. The molecule has 0 spiro atoms. The maximum absolute atomic E-state index is 12.2. The Bertz CT molecular complexity index is 819. The van der Waals surface area contributed by atoms with Gasteiger partial charge in [-0.25, -0.2) is 0 Å². The van der Waals surface area contributed by atoms with Gasteiger partial charge in [-0.05, 0) is 53.9 Å². The van der Waals surface area contributed by atoms with Crippen molar-refractivity contribution in [2.75, 3.05) is 11.9 Å². The predicted molar refractivity (Wildman–Crippen MR) is 98.5 cm³/mol. The van der Waals surface area contributed by atoms with Crippen LogP contribution in [-0.2, 0) is 11.2 Å². The molecule has 3 rings (SSSR count). The van der Waals surface area contributed by atoms with Gasteiger partial charge in [0.2, 0.25) is 5.91 Å². The zero-order valence-corrected chi connectivity index (χ0v) is 13.8. The smallest absolute Gasteiger partial charge is 0.224 e. The summed E-state index contributed by atoms with van der Waals surface area (Å²) in [4.78, 5) is 12.2. The molecule has 0 aliphatic rings. The van der Waals surface area contributed by atoms with Gasteiger partial charge >= 0.3 is 0 Å². The molecule has 0 aliphatic carbocycles. The molecular weight excluding hydrogens is 298 g/mol. The maximum Gasteiger partial charge on any atom is 0.224 e. The van der Waals surface area contributed by atoms with E-state index in [2.05, 4.69) is 29.6 Å². The normalized spacial score (nSPS) is 10.5. The first-order chi connectivity index (χ1) is 11.8. The third-order valence-electron chi connectivity index (χ3n) is 3.95. The molecule has 0 atom stereocenters. The van der Waals surface area contributed by atoms with E-state index >= 15 is 0 Å². The standard InChI is InChI=1S/C21H21NO2/c1-2-24-19-13-11-18(12-14-19)22-21(23)15-10-17-8-5-7-16-6-3-4-9-20(16)17/h3-9,11-14H,2,10,15H2,1H3,(H,22,23). The third-order valence-corrected chi connectivity index (χ3v) is 3.95. The van der Waals surface area contributed by atoms with Crippen molar-refractivity contribution in [2.24, 2.45) is 0 Å². The van der Waals surface area contributed by atoms with Crippen molar-refractivity contribution in [2.45, 2.75) is 19.8 Å². The summed E-state index contributed by atoms with van der Waals surface area (Å²) in [5.41, 5.74) is 2.00. The van der Waals surface area contributed by atoms with Crippen LogP contribution in [0.4, 0.5) is 5.69 Å². The maximum atomic E-state index is 12.2. The van der Waals surface area contributed by atoms with Crippen molar-refractivity contribution >= 4 is 22.4 Å². The van der Waals surface area contributed by atoms with Gasteiger partial charge in [0.25, 0.3) is 0 Å². The molecule has 24 heavy (non-hydrogen) atoms. The Labute approximate surface area is 142 Å².